The highest BCUT2D eigenvalue weighted by Gasteiger charge is 2.06. The number of carbonyl (C=O) groups is 1. The van der Waals surface area contributed by atoms with Gasteiger partial charge in [0.1, 0.15) is 11.6 Å². The SMILES string of the molecule is CC.CC(=O)c1ccc(F)cc1F.CF. The van der Waals surface area contributed by atoms with Gasteiger partial charge >= 0.3 is 0 Å². The smallest absolute Gasteiger partial charge is 0.162 e. The van der Waals surface area contributed by atoms with Gasteiger partial charge in [0.15, 0.2) is 5.78 Å². The molecule has 0 saturated heterocycles. The zero-order valence-electron chi connectivity index (χ0n) is 9.27. The number of Topliss-reactive ketones (excluding diaryl/α,β-unsaturated/α-hetero) is 1. The molecule has 86 valence electrons. The van der Waals surface area contributed by atoms with Crippen molar-refractivity contribution in [3.05, 3.63) is 35.4 Å². The summed E-state index contributed by atoms with van der Waals surface area (Å²) >= 11 is 0. The minimum absolute atomic E-state index is 0.0774. The molecule has 1 nitrogen and oxygen atoms in total. The first-order chi connectivity index (χ1) is 7.11. The number of hydrogen-bond acceptors (Lipinski definition) is 1. The van der Waals surface area contributed by atoms with E-state index in [0.29, 0.717) is 13.2 Å². The van der Waals surface area contributed by atoms with Crippen LogP contribution >= 0.6 is 0 Å². The van der Waals surface area contributed by atoms with Gasteiger partial charge in [-0.15, -0.1) is 0 Å². The highest BCUT2D eigenvalue weighted by Crippen LogP contribution is 2.09. The number of carbonyl (C=O) groups excluding carboxylic acids is 1. The quantitative estimate of drug-likeness (QED) is 0.658. The number of hydrogen-bond donors (Lipinski definition) is 0. The van der Waals surface area contributed by atoms with Gasteiger partial charge in [0.05, 0.1) is 12.7 Å². The minimum atomic E-state index is -0.808. The van der Waals surface area contributed by atoms with Gasteiger partial charge in [-0.05, 0) is 19.1 Å². The van der Waals surface area contributed by atoms with Crippen LogP contribution in [0.2, 0.25) is 0 Å². The zero-order valence-corrected chi connectivity index (χ0v) is 9.27. The fourth-order valence-corrected chi connectivity index (χ4v) is 0.775. The van der Waals surface area contributed by atoms with E-state index in [2.05, 4.69) is 0 Å². The predicted octanol–water partition coefficient (Wildman–Crippen LogP) is 3.78. The molecular formula is C11H15F3O. The van der Waals surface area contributed by atoms with E-state index in [1.54, 1.807) is 0 Å². The van der Waals surface area contributed by atoms with Gasteiger partial charge in [-0.2, -0.15) is 0 Å². The highest BCUT2D eigenvalue weighted by atomic mass is 19.1. The van der Waals surface area contributed by atoms with Crippen molar-refractivity contribution in [2.75, 3.05) is 7.18 Å². The summed E-state index contributed by atoms with van der Waals surface area (Å²) in [7, 11) is 0.500. The van der Waals surface area contributed by atoms with E-state index in [1.807, 2.05) is 13.8 Å². The third kappa shape index (κ3) is 5.88. The maximum absolute atomic E-state index is 12.6. The molecule has 0 spiro atoms. The first-order valence-electron chi connectivity index (χ1n) is 4.45. The van der Waals surface area contributed by atoms with Crippen LogP contribution < -0.4 is 0 Å². The fraction of sp³-hybridized carbons (Fsp3) is 0.364. The van der Waals surface area contributed by atoms with E-state index in [0.717, 1.165) is 12.1 Å². The molecular weight excluding hydrogens is 205 g/mol. The summed E-state index contributed by atoms with van der Waals surface area (Å²) in [5, 5.41) is 0. The molecule has 0 unspecified atom stereocenters. The standard InChI is InChI=1S/C8H6F2O.C2H6.CH3F/c1-5(11)7-3-2-6(9)4-8(7)10;2*1-2/h2-4H,1H3;1-2H3;1H3. The van der Waals surface area contributed by atoms with Crippen LogP contribution in [0.25, 0.3) is 0 Å². The Balaban J connectivity index is 0. The molecule has 0 aliphatic rings. The largest absolute Gasteiger partial charge is 0.294 e. The number of alkyl halides is 1. The van der Waals surface area contributed by atoms with Crippen LogP contribution in [0.4, 0.5) is 13.2 Å². The van der Waals surface area contributed by atoms with Crippen molar-refractivity contribution in [3.63, 3.8) is 0 Å². The van der Waals surface area contributed by atoms with E-state index >= 15 is 0 Å². The van der Waals surface area contributed by atoms with Gasteiger partial charge in [-0.25, -0.2) is 8.78 Å². The lowest BCUT2D eigenvalue weighted by atomic mass is 10.1. The summed E-state index contributed by atoms with van der Waals surface area (Å²) in [5.74, 6) is -1.88. The Morgan fingerprint density at radius 3 is 1.93 bits per heavy atom. The normalized spacial score (nSPS) is 7.93. The van der Waals surface area contributed by atoms with E-state index in [-0.39, 0.29) is 5.56 Å². The van der Waals surface area contributed by atoms with Crippen molar-refractivity contribution in [2.24, 2.45) is 0 Å². The van der Waals surface area contributed by atoms with Gasteiger partial charge in [0.2, 0.25) is 0 Å². The van der Waals surface area contributed by atoms with Gasteiger partial charge in [0.25, 0.3) is 0 Å². The van der Waals surface area contributed by atoms with Gasteiger partial charge in [-0.1, -0.05) is 13.8 Å². The molecule has 0 fully saturated rings. The number of benzene rings is 1. The van der Waals surface area contributed by atoms with E-state index < -0.39 is 17.4 Å². The van der Waals surface area contributed by atoms with Gasteiger partial charge in [-0.3, -0.25) is 9.18 Å². The highest BCUT2D eigenvalue weighted by molar-refractivity contribution is 5.94. The van der Waals surface area contributed by atoms with Crippen molar-refractivity contribution < 1.29 is 18.0 Å². The number of halogens is 3. The monoisotopic (exact) mass is 220 g/mol. The molecule has 0 saturated carbocycles. The number of rotatable bonds is 1. The van der Waals surface area contributed by atoms with Crippen LogP contribution in [0, 0.1) is 11.6 Å². The third-order valence-corrected chi connectivity index (χ3v) is 1.31. The fourth-order valence-electron chi connectivity index (χ4n) is 0.775. The maximum Gasteiger partial charge on any atom is 0.162 e. The molecule has 1 rings (SSSR count). The zero-order chi connectivity index (χ0) is 12.4. The van der Waals surface area contributed by atoms with Crippen molar-refractivity contribution in [2.45, 2.75) is 20.8 Å². The topological polar surface area (TPSA) is 17.1 Å². The minimum Gasteiger partial charge on any atom is -0.294 e. The molecule has 1 aromatic carbocycles. The Kier molecular flexibility index (Phi) is 9.94. The summed E-state index contributed by atoms with van der Waals surface area (Å²) < 4.78 is 34.4. The summed E-state index contributed by atoms with van der Waals surface area (Å²) in [6.07, 6.45) is 0. The Bertz CT molecular complexity index is 298. The molecule has 0 N–H and O–H groups in total. The maximum atomic E-state index is 12.6. The van der Waals surface area contributed by atoms with E-state index in [4.69, 9.17) is 0 Å². The Morgan fingerprint density at radius 2 is 1.60 bits per heavy atom. The van der Waals surface area contributed by atoms with Crippen molar-refractivity contribution in [3.8, 4) is 0 Å². The molecule has 0 bridgehead atoms. The molecule has 0 radical (unpaired) electrons. The Hall–Kier alpha value is -1.32. The van der Waals surface area contributed by atoms with Crippen LogP contribution in [0.3, 0.4) is 0 Å². The molecule has 0 aliphatic carbocycles. The summed E-state index contributed by atoms with van der Waals surface area (Å²) in [5.41, 5.74) is -0.0774. The van der Waals surface area contributed by atoms with Gasteiger partial charge in [0, 0.05) is 6.07 Å². The third-order valence-electron chi connectivity index (χ3n) is 1.31. The second kappa shape index (κ2) is 9.24. The average molecular weight is 220 g/mol. The van der Waals surface area contributed by atoms with Crippen molar-refractivity contribution in [1.82, 2.24) is 0 Å². The van der Waals surface area contributed by atoms with Crippen molar-refractivity contribution >= 4 is 5.78 Å². The predicted molar refractivity (Wildman–Crippen MR) is 54.7 cm³/mol. The van der Waals surface area contributed by atoms with Gasteiger partial charge < -0.3 is 0 Å². The molecule has 1 aromatic rings. The van der Waals surface area contributed by atoms with E-state index in [9.17, 15) is 18.0 Å². The molecule has 4 heteroatoms. The average Bonchev–Trinajstić information content (AvgIpc) is 2.23. The second-order valence-corrected chi connectivity index (χ2v) is 2.18. The summed E-state index contributed by atoms with van der Waals surface area (Å²) in [4.78, 5) is 10.6. The van der Waals surface area contributed by atoms with Crippen LogP contribution in [0.1, 0.15) is 31.1 Å². The molecule has 0 heterocycles. The second-order valence-electron chi connectivity index (χ2n) is 2.18. The van der Waals surface area contributed by atoms with Crippen LogP contribution in [0.5, 0.6) is 0 Å². The Morgan fingerprint density at radius 1 is 1.13 bits per heavy atom. The molecule has 0 atom stereocenters. The summed E-state index contributed by atoms with van der Waals surface area (Å²) in [6.45, 7) is 5.23. The summed E-state index contributed by atoms with van der Waals surface area (Å²) in [6, 6.07) is 2.88. The lowest BCUT2D eigenvalue weighted by molar-refractivity contribution is 0.101. The first kappa shape index (κ1) is 16.1. The molecule has 15 heavy (non-hydrogen) atoms. The van der Waals surface area contributed by atoms with Crippen molar-refractivity contribution in [1.29, 1.82) is 0 Å². The molecule has 0 amide bonds. The lowest BCUT2D eigenvalue weighted by Gasteiger charge is -1.96. The Labute approximate surface area is 87.9 Å². The molecule has 0 aromatic heterocycles. The number of ketones is 1. The lowest BCUT2D eigenvalue weighted by Crippen LogP contribution is -1.96. The van der Waals surface area contributed by atoms with Crippen LogP contribution in [0.15, 0.2) is 18.2 Å². The van der Waals surface area contributed by atoms with E-state index in [1.165, 1.54) is 6.92 Å². The van der Waals surface area contributed by atoms with Crippen LogP contribution in [-0.4, -0.2) is 13.0 Å². The first-order valence-corrected chi connectivity index (χ1v) is 4.45. The van der Waals surface area contributed by atoms with Crippen LogP contribution in [-0.2, 0) is 0 Å². The molecule has 0 aliphatic heterocycles.